The van der Waals surface area contributed by atoms with E-state index in [1.165, 1.54) is 5.01 Å². The minimum atomic E-state index is -1.06. The van der Waals surface area contributed by atoms with Crippen molar-refractivity contribution in [3.05, 3.63) is 35.9 Å². The number of amides is 2. The van der Waals surface area contributed by atoms with E-state index in [1.54, 1.807) is 14.1 Å². The fraction of sp³-hybridized carbons (Fsp3) is 0.333. The van der Waals surface area contributed by atoms with Crippen molar-refractivity contribution in [2.75, 3.05) is 14.1 Å². The number of carbonyl (C=O) groups is 2. The Balaban J connectivity index is 2.61. The molecule has 0 radical (unpaired) electrons. The molecule has 0 heterocycles. The molecule has 1 aromatic carbocycles. The van der Waals surface area contributed by atoms with Gasteiger partial charge in [-0.3, -0.25) is 5.43 Å². The molecule has 1 aromatic rings. The van der Waals surface area contributed by atoms with Crippen molar-refractivity contribution in [2.24, 2.45) is 0 Å². The Hall–Kier alpha value is -2.08. The van der Waals surface area contributed by atoms with Gasteiger partial charge in [0.15, 0.2) is 0 Å². The average molecular weight is 251 g/mol. The molecule has 0 aromatic heterocycles. The van der Waals surface area contributed by atoms with Gasteiger partial charge in [0, 0.05) is 20.5 Å². The maximum atomic E-state index is 11.4. The minimum absolute atomic E-state index is 0.247. The van der Waals surface area contributed by atoms with Gasteiger partial charge in [-0.15, -0.1) is 0 Å². The van der Waals surface area contributed by atoms with Crippen molar-refractivity contribution >= 4 is 12.0 Å². The van der Waals surface area contributed by atoms with Crippen LogP contribution in [0, 0.1) is 0 Å². The van der Waals surface area contributed by atoms with Gasteiger partial charge in [-0.2, -0.15) is 0 Å². The average Bonchev–Trinajstić information content (AvgIpc) is 2.28. The van der Waals surface area contributed by atoms with Gasteiger partial charge >= 0.3 is 12.0 Å². The van der Waals surface area contributed by atoms with E-state index in [4.69, 9.17) is 5.11 Å². The van der Waals surface area contributed by atoms with Crippen LogP contribution in [0.3, 0.4) is 0 Å². The predicted molar refractivity (Wildman–Crippen MR) is 66.9 cm³/mol. The number of hydrazine groups is 1. The highest BCUT2D eigenvalue weighted by atomic mass is 16.4. The first-order valence-electron chi connectivity index (χ1n) is 5.50. The van der Waals surface area contributed by atoms with Crippen molar-refractivity contribution in [3.63, 3.8) is 0 Å². The van der Waals surface area contributed by atoms with Gasteiger partial charge < -0.3 is 10.4 Å². The van der Waals surface area contributed by atoms with Gasteiger partial charge in [0.1, 0.15) is 6.04 Å². The molecule has 0 spiro atoms. The maximum Gasteiger partial charge on any atom is 0.330 e. The number of rotatable bonds is 5. The lowest BCUT2D eigenvalue weighted by atomic mass is 10.1. The largest absolute Gasteiger partial charge is 0.480 e. The highest BCUT2D eigenvalue weighted by molar-refractivity contribution is 5.82. The Morgan fingerprint density at radius 1 is 1.28 bits per heavy atom. The van der Waals surface area contributed by atoms with E-state index in [0.717, 1.165) is 5.56 Å². The highest BCUT2D eigenvalue weighted by Crippen LogP contribution is 2.03. The normalized spacial score (nSPS) is 11.9. The smallest absolute Gasteiger partial charge is 0.330 e. The van der Waals surface area contributed by atoms with Crippen LogP contribution in [-0.2, 0) is 11.2 Å². The topological polar surface area (TPSA) is 81.7 Å². The number of carboxylic acid groups (broad SMARTS) is 1. The molecule has 0 aliphatic rings. The number of carbonyl (C=O) groups excluding carboxylic acids is 1. The van der Waals surface area contributed by atoms with Crippen LogP contribution in [0.25, 0.3) is 0 Å². The molecule has 0 saturated heterocycles. The van der Waals surface area contributed by atoms with Crippen LogP contribution < -0.4 is 10.7 Å². The summed E-state index contributed by atoms with van der Waals surface area (Å²) in [4.78, 5) is 22.5. The first-order chi connectivity index (χ1) is 8.49. The second kappa shape index (κ2) is 6.61. The molecule has 1 rings (SSSR count). The summed E-state index contributed by atoms with van der Waals surface area (Å²) < 4.78 is 0. The van der Waals surface area contributed by atoms with Gasteiger partial charge in [0.05, 0.1) is 0 Å². The Labute approximate surface area is 106 Å². The third kappa shape index (κ3) is 4.84. The number of urea groups is 1. The predicted octanol–water partition coefficient (Wildman–Crippen LogP) is 0.458. The Morgan fingerprint density at radius 3 is 2.39 bits per heavy atom. The Morgan fingerprint density at radius 2 is 1.89 bits per heavy atom. The summed E-state index contributed by atoms with van der Waals surface area (Å²) in [7, 11) is 3.29. The quantitative estimate of drug-likeness (QED) is 0.664. The zero-order valence-corrected chi connectivity index (χ0v) is 10.4. The van der Waals surface area contributed by atoms with E-state index in [9.17, 15) is 9.59 Å². The molecule has 6 nitrogen and oxygen atoms in total. The summed E-state index contributed by atoms with van der Waals surface area (Å²) >= 11 is 0. The first-order valence-corrected chi connectivity index (χ1v) is 5.50. The molecule has 3 N–H and O–H groups in total. The molecule has 2 amide bonds. The van der Waals surface area contributed by atoms with Crippen LogP contribution in [0.2, 0.25) is 0 Å². The van der Waals surface area contributed by atoms with Gasteiger partial charge in [0.2, 0.25) is 0 Å². The summed E-state index contributed by atoms with van der Waals surface area (Å²) in [5, 5.41) is 12.9. The molecule has 18 heavy (non-hydrogen) atoms. The number of aliphatic carboxylic acids is 1. The first kappa shape index (κ1) is 14.0. The zero-order valence-electron chi connectivity index (χ0n) is 10.4. The molecule has 0 saturated carbocycles. The standard InChI is InChI=1S/C12H17N3O3/c1-15(2)14-12(18)13-10(11(16)17)8-9-6-4-3-5-7-9/h3-7,10H,8H2,1-2H3,(H,16,17)(H2,13,14,18). The van der Waals surface area contributed by atoms with Crippen LogP contribution in [-0.4, -0.2) is 42.3 Å². The van der Waals surface area contributed by atoms with Crippen LogP contribution in [0.4, 0.5) is 4.79 Å². The lowest BCUT2D eigenvalue weighted by Gasteiger charge is -2.17. The Kier molecular flexibility index (Phi) is 5.13. The van der Waals surface area contributed by atoms with E-state index in [2.05, 4.69) is 10.7 Å². The van der Waals surface area contributed by atoms with E-state index in [0.29, 0.717) is 0 Å². The van der Waals surface area contributed by atoms with Gasteiger partial charge in [-0.1, -0.05) is 30.3 Å². The monoisotopic (exact) mass is 251 g/mol. The van der Waals surface area contributed by atoms with Gasteiger partial charge in [-0.25, -0.2) is 14.6 Å². The second-order valence-electron chi connectivity index (χ2n) is 4.06. The second-order valence-corrected chi connectivity index (χ2v) is 4.06. The minimum Gasteiger partial charge on any atom is -0.480 e. The molecule has 0 aliphatic carbocycles. The van der Waals surface area contributed by atoms with Crippen LogP contribution in [0.1, 0.15) is 5.56 Å². The van der Waals surface area contributed by atoms with E-state index >= 15 is 0 Å². The summed E-state index contributed by atoms with van der Waals surface area (Å²) in [5.41, 5.74) is 3.29. The van der Waals surface area contributed by atoms with Gasteiger partial charge in [0.25, 0.3) is 0 Å². The molecule has 6 heteroatoms. The van der Waals surface area contributed by atoms with Crippen molar-refractivity contribution in [1.82, 2.24) is 15.8 Å². The highest BCUT2D eigenvalue weighted by Gasteiger charge is 2.20. The molecule has 98 valence electrons. The van der Waals surface area contributed by atoms with Crippen molar-refractivity contribution in [3.8, 4) is 0 Å². The summed E-state index contributed by atoms with van der Waals surface area (Å²) in [6.45, 7) is 0. The fourth-order valence-corrected chi connectivity index (χ4v) is 1.44. The van der Waals surface area contributed by atoms with Crippen molar-refractivity contribution < 1.29 is 14.7 Å². The zero-order chi connectivity index (χ0) is 13.5. The van der Waals surface area contributed by atoms with Crippen LogP contribution in [0.15, 0.2) is 30.3 Å². The Bertz CT molecular complexity index is 406. The third-order valence-electron chi connectivity index (χ3n) is 2.21. The lowest BCUT2D eigenvalue weighted by molar-refractivity contribution is -0.139. The molecule has 1 atom stereocenters. The maximum absolute atomic E-state index is 11.4. The molecular weight excluding hydrogens is 234 g/mol. The lowest BCUT2D eigenvalue weighted by Crippen LogP contribution is -2.50. The van der Waals surface area contributed by atoms with Crippen LogP contribution in [0.5, 0.6) is 0 Å². The number of nitrogens with one attached hydrogen (secondary N) is 2. The number of hydrogen-bond acceptors (Lipinski definition) is 3. The van der Waals surface area contributed by atoms with E-state index in [-0.39, 0.29) is 6.42 Å². The van der Waals surface area contributed by atoms with Crippen molar-refractivity contribution in [1.29, 1.82) is 0 Å². The summed E-state index contributed by atoms with van der Waals surface area (Å²) in [6.07, 6.45) is 0.247. The summed E-state index contributed by atoms with van der Waals surface area (Å²) in [5.74, 6) is -1.06. The molecule has 0 aliphatic heterocycles. The molecular formula is C12H17N3O3. The molecule has 0 fully saturated rings. The number of hydrogen-bond donors (Lipinski definition) is 3. The van der Waals surface area contributed by atoms with Crippen LogP contribution >= 0.6 is 0 Å². The number of carboxylic acids is 1. The summed E-state index contributed by atoms with van der Waals surface area (Å²) in [6, 6.07) is 7.66. The molecule has 0 bridgehead atoms. The van der Waals surface area contributed by atoms with Crippen molar-refractivity contribution in [2.45, 2.75) is 12.5 Å². The van der Waals surface area contributed by atoms with Gasteiger partial charge in [-0.05, 0) is 5.56 Å². The van der Waals surface area contributed by atoms with E-state index < -0.39 is 18.0 Å². The number of benzene rings is 1. The van der Waals surface area contributed by atoms with E-state index in [1.807, 2.05) is 30.3 Å². The molecule has 1 unspecified atom stereocenters. The third-order valence-corrected chi connectivity index (χ3v) is 2.21. The SMILES string of the molecule is CN(C)NC(=O)NC(Cc1ccccc1)C(=O)O. The number of nitrogens with zero attached hydrogens (tertiary/aromatic N) is 1. The fourth-order valence-electron chi connectivity index (χ4n) is 1.44.